The Labute approximate surface area is 169 Å². The van der Waals surface area contributed by atoms with Crippen molar-refractivity contribution in [1.29, 1.82) is 0 Å². The zero-order valence-corrected chi connectivity index (χ0v) is 17.3. The first kappa shape index (κ1) is 20.5. The van der Waals surface area contributed by atoms with Gasteiger partial charge in [0.15, 0.2) is 9.84 Å². The summed E-state index contributed by atoms with van der Waals surface area (Å²) in [6.45, 7) is 0.278. The average Bonchev–Trinajstić information content (AvgIpc) is 3.05. The number of nitrogens with zero attached hydrogens (tertiary/aromatic N) is 1. The predicted molar refractivity (Wildman–Crippen MR) is 108 cm³/mol. The minimum Gasteiger partial charge on any atom is -0.497 e. The quantitative estimate of drug-likeness (QED) is 0.713. The van der Waals surface area contributed by atoms with E-state index in [-0.39, 0.29) is 30.0 Å². The fourth-order valence-corrected chi connectivity index (χ4v) is 5.31. The molecule has 0 spiro atoms. The summed E-state index contributed by atoms with van der Waals surface area (Å²) in [6.07, 6.45) is 0.419. The Morgan fingerprint density at radius 2 is 1.96 bits per heavy atom. The lowest BCUT2D eigenvalue weighted by Gasteiger charge is -2.29. The molecule has 150 valence electrons. The Balaban J connectivity index is 1.93. The molecule has 1 saturated heterocycles. The molecular formula is C20H22ClNO5S. The monoisotopic (exact) mass is 423 g/mol. The molecule has 1 amide bonds. The van der Waals surface area contributed by atoms with Crippen LogP contribution >= 0.6 is 11.6 Å². The first-order valence-electron chi connectivity index (χ1n) is 8.81. The summed E-state index contributed by atoms with van der Waals surface area (Å²) in [7, 11) is -0.0693. The third-order valence-corrected chi connectivity index (χ3v) is 6.84. The maximum absolute atomic E-state index is 13.3. The van der Waals surface area contributed by atoms with Gasteiger partial charge in [0.05, 0.1) is 30.7 Å². The highest BCUT2D eigenvalue weighted by Crippen LogP contribution is 2.28. The fraction of sp³-hybridized carbons (Fsp3) is 0.350. The van der Waals surface area contributed by atoms with Crippen LogP contribution < -0.4 is 9.47 Å². The molecule has 0 aliphatic carbocycles. The molecule has 6 nitrogen and oxygen atoms in total. The van der Waals surface area contributed by atoms with E-state index < -0.39 is 9.84 Å². The molecular weight excluding hydrogens is 402 g/mol. The van der Waals surface area contributed by atoms with Crippen LogP contribution in [0.25, 0.3) is 0 Å². The summed E-state index contributed by atoms with van der Waals surface area (Å²) in [5.74, 6) is 0.933. The first-order chi connectivity index (χ1) is 13.3. The predicted octanol–water partition coefficient (Wildman–Crippen LogP) is 3.19. The van der Waals surface area contributed by atoms with E-state index >= 15 is 0 Å². The highest BCUT2D eigenvalue weighted by molar-refractivity contribution is 7.91. The van der Waals surface area contributed by atoms with Gasteiger partial charge >= 0.3 is 0 Å². The van der Waals surface area contributed by atoms with E-state index in [2.05, 4.69) is 0 Å². The fourth-order valence-electron chi connectivity index (χ4n) is 3.32. The SMILES string of the molecule is COc1cccc(CN(C(=O)c2ccc(OC)c(Cl)c2)[C@H]2CCS(=O)(=O)C2)c1. The van der Waals surface area contributed by atoms with Crippen LogP contribution in [0.4, 0.5) is 0 Å². The van der Waals surface area contributed by atoms with Gasteiger partial charge in [0.25, 0.3) is 5.91 Å². The van der Waals surface area contributed by atoms with Crippen molar-refractivity contribution >= 4 is 27.3 Å². The van der Waals surface area contributed by atoms with Gasteiger partial charge in [0, 0.05) is 18.2 Å². The highest BCUT2D eigenvalue weighted by atomic mass is 35.5. The van der Waals surface area contributed by atoms with Crippen LogP contribution in [0.5, 0.6) is 11.5 Å². The molecule has 1 atom stereocenters. The van der Waals surface area contributed by atoms with Crippen molar-refractivity contribution in [2.75, 3.05) is 25.7 Å². The number of sulfone groups is 1. The van der Waals surface area contributed by atoms with E-state index in [1.165, 1.54) is 7.11 Å². The van der Waals surface area contributed by atoms with E-state index in [0.29, 0.717) is 28.5 Å². The molecule has 0 radical (unpaired) electrons. The van der Waals surface area contributed by atoms with Crippen LogP contribution in [-0.4, -0.2) is 51.0 Å². The van der Waals surface area contributed by atoms with Crippen LogP contribution in [0, 0.1) is 0 Å². The number of rotatable bonds is 6. The largest absolute Gasteiger partial charge is 0.497 e. The van der Waals surface area contributed by atoms with Gasteiger partial charge in [0.2, 0.25) is 0 Å². The maximum atomic E-state index is 13.3. The Morgan fingerprint density at radius 1 is 1.18 bits per heavy atom. The Kier molecular flexibility index (Phi) is 6.15. The lowest BCUT2D eigenvalue weighted by molar-refractivity contribution is 0.0680. The van der Waals surface area contributed by atoms with E-state index in [1.54, 1.807) is 30.2 Å². The molecule has 3 rings (SSSR count). The van der Waals surface area contributed by atoms with Crippen molar-refractivity contribution in [1.82, 2.24) is 4.90 Å². The van der Waals surface area contributed by atoms with Gasteiger partial charge < -0.3 is 14.4 Å². The summed E-state index contributed by atoms with van der Waals surface area (Å²) in [6, 6.07) is 11.8. The van der Waals surface area contributed by atoms with E-state index in [0.717, 1.165) is 5.56 Å². The van der Waals surface area contributed by atoms with E-state index in [1.807, 2.05) is 24.3 Å². The standard InChI is InChI=1S/C20H22ClNO5S/c1-26-17-5-3-4-14(10-17)12-22(16-8-9-28(24,25)13-16)20(23)15-6-7-19(27-2)18(21)11-15/h3-7,10-11,16H,8-9,12-13H2,1-2H3/t16-/m0/s1. The summed E-state index contributed by atoms with van der Waals surface area (Å²) in [4.78, 5) is 14.9. The van der Waals surface area contributed by atoms with Crippen molar-refractivity contribution in [2.24, 2.45) is 0 Å². The maximum Gasteiger partial charge on any atom is 0.254 e. The third kappa shape index (κ3) is 4.59. The minimum absolute atomic E-state index is 0.0351. The number of methoxy groups -OCH3 is 2. The van der Waals surface area contributed by atoms with E-state index in [9.17, 15) is 13.2 Å². The van der Waals surface area contributed by atoms with Crippen LogP contribution in [0.1, 0.15) is 22.3 Å². The van der Waals surface area contributed by atoms with Gasteiger partial charge in [-0.15, -0.1) is 0 Å². The topological polar surface area (TPSA) is 72.9 Å². The number of carbonyl (C=O) groups is 1. The van der Waals surface area contributed by atoms with Gasteiger partial charge in [-0.3, -0.25) is 4.79 Å². The molecule has 0 aromatic heterocycles. The highest BCUT2D eigenvalue weighted by Gasteiger charge is 2.35. The summed E-state index contributed by atoms with van der Waals surface area (Å²) in [5.41, 5.74) is 1.25. The first-order valence-corrected chi connectivity index (χ1v) is 11.0. The molecule has 28 heavy (non-hydrogen) atoms. The Morgan fingerprint density at radius 3 is 2.57 bits per heavy atom. The van der Waals surface area contributed by atoms with Crippen LogP contribution in [0.15, 0.2) is 42.5 Å². The molecule has 0 unspecified atom stereocenters. The van der Waals surface area contributed by atoms with Gasteiger partial charge in [-0.1, -0.05) is 23.7 Å². The number of hydrogen-bond acceptors (Lipinski definition) is 5. The zero-order valence-electron chi connectivity index (χ0n) is 15.7. The second kappa shape index (κ2) is 8.41. The molecule has 8 heteroatoms. The number of benzene rings is 2. The van der Waals surface area contributed by atoms with Crippen molar-refractivity contribution in [3.05, 3.63) is 58.6 Å². The Bertz CT molecular complexity index is 976. The Hall–Kier alpha value is -2.25. The van der Waals surface area contributed by atoms with Crippen LogP contribution in [0.3, 0.4) is 0 Å². The van der Waals surface area contributed by atoms with Crippen molar-refractivity contribution in [3.63, 3.8) is 0 Å². The van der Waals surface area contributed by atoms with E-state index in [4.69, 9.17) is 21.1 Å². The molecule has 1 aliphatic rings. The number of carbonyl (C=O) groups excluding carboxylic acids is 1. The van der Waals surface area contributed by atoms with Gasteiger partial charge in [-0.25, -0.2) is 8.42 Å². The van der Waals surface area contributed by atoms with Crippen molar-refractivity contribution < 1.29 is 22.7 Å². The lowest BCUT2D eigenvalue weighted by Crippen LogP contribution is -2.40. The summed E-state index contributed by atoms with van der Waals surface area (Å²) in [5, 5.41) is 0.328. The number of ether oxygens (including phenoxy) is 2. The molecule has 0 saturated carbocycles. The molecule has 1 aliphatic heterocycles. The molecule has 1 fully saturated rings. The minimum atomic E-state index is -3.14. The van der Waals surface area contributed by atoms with Crippen LogP contribution in [-0.2, 0) is 16.4 Å². The smallest absolute Gasteiger partial charge is 0.254 e. The average molecular weight is 424 g/mol. The molecule has 0 N–H and O–H groups in total. The van der Waals surface area contributed by atoms with Crippen LogP contribution in [0.2, 0.25) is 5.02 Å². The summed E-state index contributed by atoms with van der Waals surface area (Å²) < 4.78 is 34.4. The second-order valence-corrected chi connectivity index (χ2v) is 9.33. The zero-order chi connectivity index (χ0) is 20.3. The van der Waals surface area contributed by atoms with Gasteiger partial charge in [0.1, 0.15) is 11.5 Å². The van der Waals surface area contributed by atoms with Crippen molar-refractivity contribution in [3.8, 4) is 11.5 Å². The third-order valence-electron chi connectivity index (χ3n) is 4.80. The number of hydrogen-bond donors (Lipinski definition) is 0. The number of halogens is 1. The molecule has 0 bridgehead atoms. The lowest BCUT2D eigenvalue weighted by atomic mass is 10.1. The van der Waals surface area contributed by atoms with Gasteiger partial charge in [-0.2, -0.15) is 0 Å². The molecule has 2 aromatic rings. The van der Waals surface area contributed by atoms with Gasteiger partial charge in [-0.05, 0) is 42.3 Å². The molecule has 1 heterocycles. The van der Waals surface area contributed by atoms with Crippen molar-refractivity contribution in [2.45, 2.75) is 19.0 Å². The molecule has 2 aromatic carbocycles. The number of amides is 1. The summed E-state index contributed by atoms with van der Waals surface area (Å²) >= 11 is 6.17. The normalized spacial score (nSPS) is 17.9. The second-order valence-electron chi connectivity index (χ2n) is 6.69.